The van der Waals surface area contributed by atoms with Gasteiger partial charge in [-0.3, -0.25) is 0 Å². The summed E-state index contributed by atoms with van der Waals surface area (Å²) < 4.78 is 19.4. The number of nitrogens with one attached hydrogen (secondary N) is 2. The Morgan fingerprint density at radius 2 is 1.94 bits per heavy atom. The van der Waals surface area contributed by atoms with Crippen molar-refractivity contribution in [2.45, 2.75) is 25.3 Å². The molecule has 0 aliphatic heterocycles. The number of benzene rings is 2. The van der Waals surface area contributed by atoms with E-state index in [0.717, 1.165) is 18.4 Å². The molecule has 9 heteroatoms. The van der Waals surface area contributed by atoms with Gasteiger partial charge in [0, 0.05) is 23.0 Å². The zero-order valence-corrected chi connectivity index (χ0v) is 17.9. The van der Waals surface area contributed by atoms with Crippen molar-refractivity contribution in [1.29, 1.82) is 0 Å². The monoisotopic (exact) mass is 460 g/mol. The second-order valence-electron chi connectivity index (χ2n) is 7.12. The first-order chi connectivity index (χ1) is 15.0. The van der Waals surface area contributed by atoms with Crippen LogP contribution < -0.4 is 15.4 Å². The van der Waals surface area contributed by atoms with Crippen LogP contribution in [0.4, 0.5) is 14.9 Å². The average molecular weight is 461 g/mol. The lowest BCUT2D eigenvalue weighted by Gasteiger charge is -2.10. The standard InChI is InChI=1S/C22H19Cl2FN4O2/c23-18-6-7-19(25)20(24)17(18)8-9-31-16-3-1-2-13(10-16)21-26-11-15(12-27-21)29-22(30)28-14-4-5-14/h1-3,6-7,10-12,14H,4-5,8-9H2,(H2,28,29,30). The van der Waals surface area contributed by atoms with E-state index in [9.17, 15) is 9.18 Å². The molecule has 0 unspecified atom stereocenters. The van der Waals surface area contributed by atoms with Gasteiger partial charge in [-0.15, -0.1) is 0 Å². The number of aromatic nitrogens is 2. The molecule has 0 bridgehead atoms. The third-order valence-corrected chi connectivity index (χ3v) is 5.44. The molecule has 2 N–H and O–H groups in total. The molecule has 3 aromatic rings. The Balaban J connectivity index is 1.37. The molecule has 2 amide bonds. The number of amides is 2. The summed E-state index contributed by atoms with van der Waals surface area (Å²) in [7, 11) is 0. The van der Waals surface area contributed by atoms with Crippen molar-refractivity contribution >= 4 is 34.9 Å². The lowest BCUT2D eigenvalue weighted by Crippen LogP contribution is -2.30. The number of carbonyl (C=O) groups excluding carboxylic acids is 1. The summed E-state index contributed by atoms with van der Waals surface area (Å²) in [6.07, 6.45) is 5.50. The van der Waals surface area contributed by atoms with Crippen LogP contribution >= 0.6 is 23.2 Å². The molecule has 2 aromatic carbocycles. The van der Waals surface area contributed by atoms with Crippen molar-refractivity contribution in [2.75, 3.05) is 11.9 Å². The highest BCUT2D eigenvalue weighted by Crippen LogP contribution is 2.28. The van der Waals surface area contributed by atoms with Gasteiger partial charge in [0.05, 0.1) is 29.7 Å². The molecule has 1 saturated carbocycles. The maximum atomic E-state index is 13.6. The summed E-state index contributed by atoms with van der Waals surface area (Å²) in [5.74, 6) is 0.591. The fraction of sp³-hybridized carbons (Fsp3) is 0.227. The molecule has 1 heterocycles. The van der Waals surface area contributed by atoms with E-state index in [0.29, 0.717) is 34.3 Å². The minimum Gasteiger partial charge on any atom is -0.493 e. The van der Waals surface area contributed by atoms with Crippen molar-refractivity contribution in [1.82, 2.24) is 15.3 Å². The molecule has 1 aliphatic rings. The van der Waals surface area contributed by atoms with Gasteiger partial charge in [0.1, 0.15) is 11.6 Å². The van der Waals surface area contributed by atoms with E-state index < -0.39 is 5.82 Å². The number of halogens is 3. The molecule has 4 rings (SSSR count). The van der Waals surface area contributed by atoms with Crippen LogP contribution in [0.15, 0.2) is 48.8 Å². The summed E-state index contributed by atoms with van der Waals surface area (Å²) in [4.78, 5) is 20.4. The van der Waals surface area contributed by atoms with Crippen molar-refractivity contribution < 1.29 is 13.9 Å². The largest absolute Gasteiger partial charge is 0.493 e. The maximum absolute atomic E-state index is 13.6. The van der Waals surface area contributed by atoms with Gasteiger partial charge in [-0.05, 0) is 42.7 Å². The summed E-state index contributed by atoms with van der Waals surface area (Å²) in [6.45, 7) is 0.270. The number of anilines is 1. The molecular weight excluding hydrogens is 442 g/mol. The molecule has 6 nitrogen and oxygen atoms in total. The quantitative estimate of drug-likeness (QED) is 0.456. The summed E-state index contributed by atoms with van der Waals surface area (Å²) >= 11 is 12.1. The zero-order chi connectivity index (χ0) is 21.8. The van der Waals surface area contributed by atoms with E-state index in [1.807, 2.05) is 12.1 Å². The smallest absolute Gasteiger partial charge is 0.319 e. The second kappa shape index (κ2) is 9.49. The highest BCUT2D eigenvalue weighted by Gasteiger charge is 2.23. The normalized spacial score (nSPS) is 13.0. The van der Waals surface area contributed by atoms with Crippen LogP contribution in [-0.4, -0.2) is 28.6 Å². The summed E-state index contributed by atoms with van der Waals surface area (Å²) in [6, 6.07) is 10.0. The minimum atomic E-state index is -0.511. The molecule has 0 spiro atoms. The van der Waals surface area contributed by atoms with Crippen molar-refractivity contribution in [3.05, 3.63) is 70.2 Å². The molecular formula is C22H19Cl2FN4O2. The molecule has 31 heavy (non-hydrogen) atoms. The van der Waals surface area contributed by atoms with Gasteiger partial charge in [-0.25, -0.2) is 19.2 Å². The minimum absolute atomic E-state index is 0.0118. The van der Waals surface area contributed by atoms with Crippen LogP contribution in [0.25, 0.3) is 11.4 Å². The first kappa shape index (κ1) is 21.3. The molecule has 160 valence electrons. The Morgan fingerprint density at radius 3 is 2.68 bits per heavy atom. The van der Waals surface area contributed by atoms with Crippen LogP contribution in [0.1, 0.15) is 18.4 Å². The van der Waals surface area contributed by atoms with Gasteiger partial charge in [0.2, 0.25) is 0 Å². The number of hydrogen-bond donors (Lipinski definition) is 2. The second-order valence-corrected chi connectivity index (χ2v) is 7.90. The van der Waals surface area contributed by atoms with E-state index in [1.165, 1.54) is 12.1 Å². The van der Waals surface area contributed by atoms with E-state index in [1.54, 1.807) is 24.5 Å². The Morgan fingerprint density at radius 1 is 1.16 bits per heavy atom. The van der Waals surface area contributed by atoms with Gasteiger partial charge in [-0.1, -0.05) is 35.3 Å². The fourth-order valence-corrected chi connectivity index (χ4v) is 3.48. The van der Waals surface area contributed by atoms with Gasteiger partial charge >= 0.3 is 6.03 Å². The van der Waals surface area contributed by atoms with Crippen LogP contribution in [0.3, 0.4) is 0 Å². The van der Waals surface area contributed by atoms with Gasteiger partial charge < -0.3 is 15.4 Å². The predicted molar refractivity (Wildman–Crippen MR) is 118 cm³/mol. The Kier molecular flexibility index (Phi) is 6.53. The lowest BCUT2D eigenvalue weighted by molar-refractivity contribution is 0.251. The Labute approximate surface area is 188 Å². The van der Waals surface area contributed by atoms with Crippen molar-refractivity contribution in [3.63, 3.8) is 0 Å². The third-order valence-electron chi connectivity index (χ3n) is 4.67. The van der Waals surface area contributed by atoms with Gasteiger partial charge in [-0.2, -0.15) is 0 Å². The van der Waals surface area contributed by atoms with Crippen LogP contribution in [0.2, 0.25) is 10.0 Å². The molecule has 0 saturated heterocycles. The van der Waals surface area contributed by atoms with E-state index >= 15 is 0 Å². The number of rotatable bonds is 7. The number of urea groups is 1. The highest BCUT2D eigenvalue weighted by atomic mass is 35.5. The van der Waals surface area contributed by atoms with E-state index in [-0.39, 0.29) is 23.7 Å². The lowest BCUT2D eigenvalue weighted by atomic mass is 10.1. The van der Waals surface area contributed by atoms with Crippen LogP contribution in [-0.2, 0) is 6.42 Å². The first-order valence-corrected chi connectivity index (χ1v) is 10.5. The zero-order valence-electron chi connectivity index (χ0n) is 16.4. The highest BCUT2D eigenvalue weighted by molar-refractivity contribution is 6.36. The fourth-order valence-electron chi connectivity index (χ4n) is 2.92. The first-order valence-electron chi connectivity index (χ1n) is 9.75. The van der Waals surface area contributed by atoms with Crippen LogP contribution in [0.5, 0.6) is 5.75 Å². The SMILES string of the molecule is O=C(Nc1cnc(-c2cccc(OCCc3c(Cl)ccc(F)c3Cl)c2)nc1)NC1CC1. The molecule has 1 aromatic heterocycles. The molecule has 1 fully saturated rings. The van der Waals surface area contributed by atoms with E-state index in [4.69, 9.17) is 27.9 Å². The number of nitrogens with zero attached hydrogens (tertiary/aromatic N) is 2. The Bertz CT molecular complexity index is 1090. The maximum Gasteiger partial charge on any atom is 0.319 e. The topological polar surface area (TPSA) is 76.1 Å². The van der Waals surface area contributed by atoms with E-state index in [2.05, 4.69) is 20.6 Å². The summed E-state index contributed by atoms with van der Waals surface area (Å²) in [5.41, 5.74) is 1.78. The Hall–Kier alpha value is -2.90. The number of carbonyl (C=O) groups is 1. The summed E-state index contributed by atoms with van der Waals surface area (Å²) in [5, 5.41) is 5.96. The van der Waals surface area contributed by atoms with Crippen molar-refractivity contribution in [3.8, 4) is 17.1 Å². The van der Waals surface area contributed by atoms with Gasteiger partial charge in [0.25, 0.3) is 0 Å². The average Bonchev–Trinajstić information content (AvgIpc) is 3.58. The molecule has 0 atom stereocenters. The van der Waals surface area contributed by atoms with Crippen molar-refractivity contribution in [2.24, 2.45) is 0 Å². The molecule has 1 aliphatic carbocycles. The van der Waals surface area contributed by atoms with Gasteiger partial charge in [0.15, 0.2) is 5.82 Å². The van der Waals surface area contributed by atoms with Crippen LogP contribution in [0, 0.1) is 5.82 Å². The molecule has 0 radical (unpaired) electrons. The number of hydrogen-bond acceptors (Lipinski definition) is 4. The number of ether oxygens (including phenoxy) is 1. The third kappa shape index (κ3) is 5.62. The predicted octanol–water partition coefficient (Wildman–Crippen LogP) is 5.49.